The molecule has 0 aromatic rings. The molecule has 0 aliphatic heterocycles. The molecule has 0 saturated carbocycles. The van der Waals surface area contributed by atoms with E-state index in [0.717, 1.165) is 6.54 Å². The fourth-order valence-corrected chi connectivity index (χ4v) is 2.19. The van der Waals surface area contributed by atoms with Gasteiger partial charge in [0.25, 0.3) is 0 Å². The Morgan fingerprint density at radius 1 is 0.706 bits per heavy atom. The van der Waals surface area contributed by atoms with Crippen LogP contribution in [0.5, 0.6) is 0 Å². The van der Waals surface area contributed by atoms with Crippen molar-refractivity contribution >= 4 is 17.3 Å². The molecule has 0 atom stereocenters. The zero-order valence-corrected chi connectivity index (χ0v) is 12.4. The minimum atomic E-state index is 0.904. The molecular weight excluding hydrogens is 230 g/mol. The highest BCUT2D eigenvalue weighted by Crippen LogP contribution is 2.11. The highest BCUT2D eigenvalue weighted by Gasteiger charge is 1.92. The predicted molar refractivity (Wildman–Crippen MR) is 80.3 cm³/mol. The fourth-order valence-electron chi connectivity index (χ4n) is 2.09. The molecule has 0 bridgehead atoms. The van der Waals surface area contributed by atoms with E-state index >= 15 is 0 Å². The number of aliphatic imine (C=N–C) groups is 1. The molecule has 0 aliphatic rings. The van der Waals surface area contributed by atoms with Crippen molar-refractivity contribution in [2.75, 3.05) is 6.54 Å². The molecule has 0 aromatic heterocycles. The quantitative estimate of drug-likeness (QED) is 0.286. The summed E-state index contributed by atoms with van der Waals surface area (Å²) in [5, 5.41) is 0. The van der Waals surface area contributed by atoms with E-state index in [4.69, 9.17) is 11.6 Å². The summed E-state index contributed by atoms with van der Waals surface area (Å²) in [6, 6.07) is 0. The number of hydrogen-bond donors (Lipinski definition) is 0. The number of halogens is 1. The topological polar surface area (TPSA) is 12.4 Å². The van der Waals surface area contributed by atoms with Crippen molar-refractivity contribution in [3.63, 3.8) is 0 Å². The first kappa shape index (κ1) is 17.0. The number of rotatable bonds is 13. The second-order valence-electron chi connectivity index (χ2n) is 4.89. The molecule has 0 heterocycles. The summed E-state index contributed by atoms with van der Waals surface area (Å²) in [7, 11) is 0. The van der Waals surface area contributed by atoms with Gasteiger partial charge in [-0.3, -0.25) is 4.99 Å². The highest BCUT2D eigenvalue weighted by atomic mass is 35.5. The third-order valence-corrected chi connectivity index (χ3v) is 3.35. The van der Waals surface area contributed by atoms with E-state index in [1.807, 2.05) is 0 Å². The van der Waals surface area contributed by atoms with Crippen molar-refractivity contribution < 1.29 is 0 Å². The summed E-state index contributed by atoms with van der Waals surface area (Å²) in [5.74, 6) is 0. The molecule has 0 aromatic carbocycles. The monoisotopic (exact) mass is 259 g/mol. The molecule has 0 amide bonds. The van der Waals surface area contributed by atoms with E-state index in [0.29, 0.717) is 0 Å². The molecule has 0 N–H and O–H groups in total. The van der Waals surface area contributed by atoms with Gasteiger partial charge in [0.1, 0.15) is 0 Å². The van der Waals surface area contributed by atoms with Gasteiger partial charge in [0.15, 0.2) is 0 Å². The van der Waals surface area contributed by atoms with Crippen LogP contribution in [0.1, 0.15) is 84.0 Å². The Hall–Kier alpha value is -0.0400. The lowest BCUT2D eigenvalue weighted by atomic mass is 10.1. The van der Waals surface area contributed by atoms with Gasteiger partial charge in [-0.1, -0.05) is 89.2 Å². The largest absolute Gasteiger partial charge is 0.281 e. The van der Waals surface area contributed by atoms with Crippen LogP contribution in [-0.4, -0.2) is 12.2 Å². The third-order valence-electron chi connectivity index (χ3n) is 3.21. The molecule has 102 valence electrons. The summed E-state index contributed by atoms with van der Waals surface area (Å²) in [5.41, 5.74) is 1.39. The Morgan fingerprint density at radius 2 is 1.12 bits per heavy atom. The number of unbranched alkanes of at least 4 members (excludes halogenated alkanes) is 11. The molecule has 0 radical (unpaired) electrons. The van der Waals surface area contributed by atoms with Gasteiger partial charge in [-0.15, -0.1) is 0 Å². The molecule has 17 heavy (non-hydrogen) atoms. The van der Waals surface area contributed by atoms with Crippen LogP contribution in [0.3, 0.4) is 0 Å². The van der Waals surface area contributed by atoms with Gasteiger partial charge < -0.3 is 0 Å². The highest BCUT2D eigenvalue weighted by molar-refractivity contribution is 6.56. The molecule has 0 fully saturated rings. The maximum absolute atomic E-state index is 5.35. The number of nitrogens with zero attached hydrogens (tertiary/aromatic N) is 1. The maximum Gasteiger partial charge on any atom is 0.0871 e. The van der Waals surface area contributed by atoms with E-state index < -0.39 is 0 Å². The lowest BCUT2D eigenvalue weighted by Gasteiger charge is -2.02. The van der Waals surface area contributed by atoms with E-state index in [1.54, 1.807) is 0 Å². The van der Waals surface area contributed by atoms with Crippen LogP contribution < -0.4 is 0 Å². The molecule has 2 heteroatoms. The fraction of sp³-hybridized carbons (Fsp3) is 0.933. The van der Waals surface area contributed by atoms with E-state index in [1.165, 1.54) is 82.7 Å². The van der Waals surface area contributed by atoms with Crippen LogP contribution in [0.15, 0.2) is 4.99 Å². The first-order valence-corrected chi connectivity index (χ1v) is 7.94. The van der Waals surface area contributed by atoms with Crippen molar-refractivity contribution in [1.29, 1.82) is 0 Å². The van der Waals surface area contributed by atoms with Crippen LogP contribution in [0, 0.1) is 0 Å². The molecule has 1 nitrogen and oxygen atoms in total. The lowest BCUT2D eigenvalue weighted by Crippen LogP contribution is -1.84. The molecular formula is C15H30ClN. The molecule has 0 rings (SSSR count). The van der Waals surface area contributed by atoms with Crippen LogP contribution in [-0.2, 0) is 0 Å². The summed E-state index contributed by atoms with van der Waals surface area (Å²) >= 11 is 5.35. The first-order valence-electron chi connectivity index (χ1n) is 7.50. The average molecular weight is 260 g/mol. The molecule has 0 aliphatic carbocycles. The van der Waals surface area contributed by atoms with Crippen molar-refractivity contribution in [3.8, 4) is 0 Å². The summed E-state index contributed by atoms with van der Waals surface area (Å²) < 4.78 is 0. The summed E-state index contributed by atoms with van der Waals surface area (Å²) in [4.78, 5) is 3.99. The maximum atomic E-state index is 5.35. The molecule has 0 saturated heterocycles. The lowest BCUT2D eigenvalue weighted by molar-refractivity contribution is 0.545. The van der Waals surface area contributed by atoms with Gasteiger partial charge in [-0.2, -0.15) is 0 Å². The SMILES string of the molecule is CCCCCCCCCCCCCCN=CCl. The average Bonchev–Trinajstić information content (AvgIpc) is 2.35. The van der Waals surface area contributed by atoms with E-state index in [-0.39, 0.29) is 0 Å². The van der Waals surface area contributed by atoms with E-state index in [2.05, 4.69) is 11.9 Å². The zero-order chi connectivity index (χ0) is 12.6. The minimum absolute atomic E-state index is 0.904. The van der Waals surface area contributed by atoms with Crippen molar-refractivity contribution in [2.24, 2.45) is 4.99 Å². The van der Waals surface area contributed by atoms with Crippen molar-refractivity contribution in [3.05, 3.63) is 0 Å². The Bertz CT molecular complexity index is 157. The van der Waals surface area contributed by atoms with Gasteiger partial charge >= 0.3 is 0 Å². The Morgan fingerprint density at radius 3 is 1.53 bits per heavy atom. The second-order valence-corrected chi connectivity index (χ2v) is 5.09. The summed E-state index contributed by atoms with van der Waals surface area (Å²) in [6.45, 7) is 3.18. The van der Waals surface area contributed by atoms with Gasteiger partial charge in [0.05, 0.1) is 5.67 Å². The van der Waals surface area contributed by atoms with Gasteiger partial charge in [-0.25, -0.2) is 0 Å². The van der Waals surface area contributed by atoms with Crippen molar-refractivity contribution in [2.45, 2.75) is 84.0 Å². The van der Waals surface area contributed by atoms with Crippen LogP contribution in [0.25, 0.3) is 0 Å². The Labute approximate surface area is 113 Å². The zero-order valence-electron chi connectivity index (χ0n) is 11.6. The minimum Gasteiger partial charge on any atom is -0.281 e. The Balaban J connectivity index is 2.89. The molecule has 0 spiro atoms. The smallest absolute Gasteiger partial charge is 0.0871 e. The van der Waals surface area contributed by atoms with Crippen LogP contribution >= 0.6 is 11.6 Å². The number of hydrogen-bond acceptors (Lipinski definition) is 1. The first-order chi connectivity index (χ1) is 8.41. The summed E-state index contributed by atoms with van der Waals surface area (Å²) in [6.07, 6.45) is 16.7. The van der Waals surface area contributed by atoms with E-state index in [9.17, 15) is 0 Å². The van der Waals surface area contributed by atoms with Gasteiger partial charge in [0, 0.05) is 6.54 Å². The van der Waals surface area contributed by atoms with Gasteiger partial charge in [-0.05, 0) is 6.42 Å². The van der Waals surface area contributed by atoms with Gasteiger partial charge in [0.2, 0.25) is 0 Å². The molecule has 0 unspecified atom stereocenters. The Kier molecular flexibility index (Phi) is 15.9. The predicted octanol–water partition coefficient (Wildman–Crippen LogP) is 5.95. The normalized spacial score (nSPS) is 11.4. The van der Waals surface area contributed by atoms with Crippen LogP contribution in [0.2, 0.25) is 0 Å². The second kappa shape index (κ2) is 16.0. The van der Waals surface area contributed by atoms with Crippen LogP contribution in [0.4, 0.5) is 0 Å². The third kappa shape index (κ3) is 16.0. The standard InChI is InChI=1S/C15H30ClN/c1-2-3-4-5-6-7-8-9-10-11-12-13-14-17-15-16/h15H,2-14H2,1H3. The van der Waals surface area contributed by atoms with Crippen molar-refractivity contribution in [1.82, 2.24) is 0 Å².